The van der Waals surface area contributed by atoms with E-state index in [1.807, 2.05) is 17.8 Å². The highest BCUT2D eigenvalue weighted by molar-refractivity contribution is 8.00. The maximum absolute atomic E-state index is 2.25. The van der Waals surface area contributed by atoms with E-state index in [1.165, 1.54) is 16.0 Å². The van der Waals surface area contributed by atoms with Crippen molar-refractivity contribution >= 4 is 17.8 Å². The Morgan fingerprint density at radius 1 is 0.944 bits per heavy atom. The Morgan fingerprint density at radius 2 is 1.61 bits per heavy atom. The Labute approximate surface area is 114 Å². The van der Waals surface area contributed by atoms with Crippen molar-refractivity contribution in [3.05, 3.63) is 71.8 Å². The van der Waals surface area contributed by atoms with Gasteiger partial charge in [0.2, 0.25) is 0 Å². The Morgan fingerprint density at radius 3 is 2.28 bits per heavy atom. The van der Waals surface area contributed by atoms with Crippen molar-refractivity contribution < 1.29 is 0 Å². The fourth-order valence-electron chi connectivity index (χ4n) is 1.68. The molecule has 0 saturated carbocycles. The minimum atomic E-state index is 0.480. The number of rotatable bonds is 4. The lowest BCUT2D eigenvalue weighted by Crippen LogP contribution is -1.89. The predicted octanol–water partition coefficient (Wildman–Crippen LogP) is 5.19. The van der Waals surface area contributed by atoms with Gasteiger partial charge in [0.15, 0.2) is 0 Å². The molecule has 0 aromatic heterocycles. The first kappa shape index (κ1) is 13.0. The highest BCUT2D eigenvalue weighted by atomic mass is 32.2. The molecule has 0 nitrogen and oxygen atoms in total. The summed E-state index contributed by atoms with van der Waals surface area (Å²) in [6, 6.07) is 19.1. The van der Waals surface area contributed by atoms with Crippen molar-refractivity contribution in [2.24, 2.45) is 0 Å². The van der Waals surface area contributed by atoms with Gasteiger partial charge in [-0.05, 0) is 31.5 Å². The third-order valence-corrected chi connectivity index (χ3v) is 3.78. The molecule has 2 rings (SSSR count). The van der Waals surface area contributed by atoms with Crippen LogP contribution in [-0.4, -0.2) is 5.25 Å². The topological polar surface area (TPSA) is 0 Å². The van der Waals surface area contributed by atoms with Gasteiger partial charge >= 0.3 is 0 Å². The van der Waals surface area contributed by atoms with Crippen molar-refractivity contribution in [3.8, 4) is 0 Å². The van der Waals surface area contributed by atoms with Crippen LogP contribution in [0.4, 0.5) is 0 Å². The van der Waals surface area contributed by atoms with E-state index in [2.05, 4.69) is 74.5 Å². The maximum Gasteiger partial charge on any atom is 0.0249 e. The second kappa shape index (κ2) is 6.46. The third-order valence-electron chi connectivity index (χ3n) is 2.70. The van der Waals surface area contributed by atoms with Crippen molar-refractivity contribution in [2.75, 3.05) is 0 Å². The van der Waals surface area contributed by atoms with Crippen molar-refractivity contribution in [3.63, 3.8) is 0 Å². The summed E-state index contributed by atoms with van der Waals surface area (Å²) in [5.41, 5.74) is 2.57. The van der Waals surface area contributed by atoms with Gasteiger partial charge in [0.1, 0.15) is 0 Å². The fourth-order valence-corrected chi connectivity index (χ4v) is 2.56. The monoisotopic (exact) mass is 254 g/mol. The van der Waals surface area contributed by atoms with Gasteiger partial charge in [0.25, 0.3) is 0 Å². The highest BCUT2D eigenvalue weighted by Gasteiger charge is 1.99. The van der Waals surface area contributed by atoms with Gasteiger partial charge in [0, 0.05) is 10.1 Å². The van der Waals surface area contributed by atoms with E-state index in [0.29, 0.717) is 5.25 Å². The summed E-state index contributed by atoms with van der Waals surface area (Å²) in [6.45, 7) is 4.34. The highest BCUT2D eigenvalue weighted by Crippen LogP contribution is 2.24. The lowest BCUT2D eigenvalue weighted by atomic mass is 10.2. The van der Waals surface area contributed by atoms with Gasteiger partial charge in [-0.3, -0.25) is 0 Å². The molecule has 1 unspecified atom stereocenters. The first-order chi connectivity index (χ1) is 8.74. The van der Waals surface area contributed by atoms with E-state index in [1.54, 1.807) is 0 Å². The molecule has 0 fully saturated rings. The van der Waals surface area contributed by atoms with Crippen LogP contribution < -0.4 is 0 Å². The molecule has 18 heavy (non-hydrogen) atoms. The molecule has 1 atom stereocenters. The molecule has 0 spiro atoms. The average Bonchev–Trinajstić information content (AvgIpc) is 2.40. The van der Waals surface area contributed by atoms with Gasteiger partial charge in [0.05, 0.1) is 0 Å². The molecule has 0 heterocycles. The Balaban J connectivity index is 1.94. The molecule has 2 aromatic rings. The predicted molar refractivity (Wildman–Crippen MR) is 82.0 cm³/mol. The van der Waals surface area contributed by atoms with Crippen LogP contribution in [0, 0.1) is 6.92 Å². The van der Waals surface area contributed by atoms with E-state index in [0.717, 1.165) is 0 Å². The summed E-state index contributed by atoms with van der Waals surface area (Å²) in [7, 11) is 0. The van der Waals surface area contributed by atoms with E-state index < -0.39 is 0 Å². The number of thioether (sulfide) groups is 1. The quantitative estimate of drug-likeness (QED) is 0.677. The zero-order valence-corrected chi connectivity index (χ0v) is 11.7. The van der Waals surface area contributed by atoms with Gasteiger partial charge in [-0.25, -0.2) is 0 Å². The molecule has 0 aliphatic carbocycles. The van der Waals surface area contributed by atoms with Crippen molar-refractivity contribution in [1.82, 2.24) is 0 Å². The molecule has 92 valence electrons. The Kier molecular flexibility index (Phi) is 4.66. The van der Waals surface area contributed by atoms with Crippen LogP contribution in [0.2, 0.25) is 0 Å². The number of aryl methyl sites for hydroxylation is 1. The first-order valence-corrected chi connectivity index (χ1v) is 7.08. The summed E-state index contributed by atoms with van der Waals surface area (Å²) in [5.74, 6) is 0. The van der Waals surface area contributed by atoms with Gasteiger partial charge in [-0.2, -0.15) is 0 Å². The minimum Gasteiger partial charge on any atom is -0.119 e. The van der Waals surface area contributed by atoms with Crippen LogP contribution in [0.5, 0.6) is 0 Å². The summed E-state index contributed by atoms with van der Waals surface area (Å²) in [6.07, 6.45) is 4.44. The summed E-state index contributed by atoms with van der Waals surface area (Å²) >= 11 is 1.88. The molecule has 0 aliphatic rings. The number of hydrogen-bond donors (Lipinski definition) is 0. The van der Waals surface area contributed by atoms with Crippen LogP contribution in [0.1, 0.15) is 18.1 Å². The first-order valence-electron chi connectivity index (χ1n) is 6.20. The van der Waals surface area contributed by atoms with Crippen LogP contribution in [-0.2, 0) is 0 Å². The van der Waals surface area contributed by atoms with Crippen LogP contribution >= 0.6 is 11.8 Å². The standard InChI is InChI=1S/C17H18S/c1-14-8-12-17(13-9-14)18-15(2)10-11-16-6-4-3-5-7-16/h3-13,15H,1-2H3/b11-10+. The SMILES string of the molecule is Cc1ccc(SC(C)/C=C/c2ccccc2)cc1. The largest absolute Gasteiger partial charge is 0.119 e. The fraction of sp³-hybridized carbons (Fsp3) is 0.176. The summed E-state index contributed by atoms with van der Waals surface area (Å²) in [5, 5.41) is 0.480. The van der Waals surface area contributed by atoms with E-state index in [-0.39, 0.29) is 0 Å². The number of hydrogen-bond acceptors (Lipinski definition) is 1. The molecule has 2 aromatic carbocycles. The lowest BCUT2D eigenvalue weighted by Gasteiger charge is -2.06. The smallest absolute Gasteiger partial charge is 0.0249 e. The Hall–Kier alpha value is -1.47. The molecule has 0 amide bonds. The van der Waals surface area contributed by atoms with Gasteiger partial charge in [-0.1, -0.05) is 60.2 Å². The second-order valence-corrected chi connectivity index (χ2v) is 5.86. The Bertz CT molecular complexity index is 497. The maximum atomic E-state index is 2.25. The van der Waals surface area contributed by atoms with Crippen LogP contribution in [0.3, 0.4) is 0 Å². The molecule has 1 heteroatoms. The van der Waals surface area contributed by atoms with Crippen molar-refractivity contribution in [2.45, 2.75) is 24.0 Å². The molecule has 0 N–H and O–H groups in total. The van der Waals surface area contributed by atoms with Crippen LogP contribution in [0.15, 0.2) is 65.6 Å². The summed E-state index contributed by atoms with van der Waals surface area (Å²) in [4.78, 5) is 1.32. The zero-order chi connectivity index (χ0) is 12.8. The van der Waals surface area contributed by atoms with E-state index >= 15 is 0 Å². The van der Waals surface area contributed by atoms with Crippen molar-refractivity contribution in [1.29, 1.82) is 0 Å². The molecule has 0 aliphatic heterocycles. The average molecular weight is 254 g/mol. The third kappa shape index (κ3) is 4.08. The summed E-state index contributed by atoms with van der Waals surface area (Å²) < 4.78 is 0. The molecule has 0 saturated heterocycles. The molecular weight excluding hydrogens is 236 g/mol. The molecule has 0 bridgehead atoms. The van der Waals surface area contributed by atoms with E-state index in [9.17, 15) is 0 Å². The molecular formula is C17H18S. The lowest BCUT2D eigenvalue weighted by molar-refractivity contribution is 1.24. The van der Waals surface area contributed by atoms with Crippen LogP contribution in [0.25, 0.3) is 6.08 Å². The van der Waals surface area contributed by atoms with Gasteiger partial charge in [-0.15, -0.1) is 11.8 Å². The van der Waals surface area contributed by atoms with Gasteiger partial charge < -0.3 is 0 Å². The number of benzene rings is 2. The normalized spacial score (nSPS) is 12.8. The minimum absolute atomic E-state index is 0.480. The van der Waals surface area contributed by atoms with E-state index in [4.69, 9.17) is 0 Å². The molecule has 0 radical (unpaired) electrons. The zero-order valence-electron chi connectivity index (χ0n) is 10.8. The second-order valence-electron chi connectivity index (χ2n) is 4.41.